The van der Waals surface area contributed by atoms with Crippen molar-refractivity contribution in [3.05, 3.63) is 0 Å². The van der Waals surface area contributed by atoms with Crippen LogP contribution in [0, 0.1) is 17.3 Å². The number of nitrogens with two attached hydrogens (primary N) is 1. The van der Waals surface area contributed by atoms with Gasteiger partial charge in [0.05, 0.1) is 11.3 Å². The van der Waals surface area contributed by atoms with E-state index in [9.17, 15) is 9.59 Å². The van der Waals surface area contributed by atoms with Crippen molar-refractivity contribution in [3.8, 4) is 0 Å². The first kappa shape index (κ1) is 23.2. The summed E-state index contributed by atoms with van der Waals surface area (Å²) in [4.78, 5) is 26.1. The maximum Gasteiger partial charge on any atom is 0.227 e. The predicted octanol–water partition coefficient (Wildman–Crippen LogP) is 5.49. The number of rotatable bonds is 10. The molecular formula is C24H44N2O2. The molecule has 0 aromatic heterocycles. The van der Waals surface area contributed by atoms with Gasteiger partial charge < -0.3 is 11.1 Å². The van der Waals surface area contributed by atoms with Gasteiger partial charge in [0.25, 0.3) is 0 Å². The molecular weight excluding hydrogens is 348 g/mol. The number of carbonyl (C=O) groups is 2. The van der Waals surface area contributed by atoms with Crippen molar-refractivity contribution in [3.63, 3.8) is 0 Å². The normalized spacial score (nSPS) is 27.0. The quantitative estimate of drug-likeness (QED) is 0.381. The van der Waals surface area contributed by atoms with Crippen molar-refractivity contribution in [2.24, 2.45) is 23.0 Å². The lowest BCUT2D eigenvalue weighted by atomic mass is 9.60. The number of primary amides is 1. The van der Waals surface area contributed by atoms with Crippen LogP contribution in [0.5, 0.6) is 0 Å². The van der Waals surface area contributed by atoms with Crippen LogP contribution in [0.15, 0.2) is 0 Å². The molecule has 0 spiro atoms. The van der Waals surface area contributed by atoms with Crippen LogP contribution in [0.2, 0.25) is 0 Å². The second-order valence-electron chi connectivity index (χ2n) is 9.31. The van der Waals surface area contributed by atoms with Crippen LogP contribution in [0.3, 0.4) is 0 Å². The zero-order chi connectivity index (χ0) is 20.2. The molecule has 2 saturated carbocycles. The molecule has 2 amide bonds. The topological polar surface area (TPSA) is 72.2 Å². The first-order chi connectivity index (χ1) is 13.6. The van der Waals surface area contributed by atoms with Crippen molar-refractivity contribution in [2.75, 3.05) is 6.54 Å². The largest absolute Gasteiger partial charge is 0.369 e. The Morgan fingerprint density at radius 3 is 2.14 bits per heavy atom. The molecule has 2 unspecified atom stereocenters. The lowest BCUT2D eigenvalue weighted by Crippen LogP contribution is -2.54. The van der Waals surface area contributed by atoms with Crippen LogP contribution in [-0.4, -0.2) is 18.4 Å². The average Bonchev–Trinajstić information content (AvgIpc) is 3.08. The monoisotopic (exact) mass is 392 g/mol. The van der Waals surface area contributed by atoms with Gasteiger partial charge in [-0.15, -0.1) is 0 Å². The lowest BCUT2D eigenvalue weighted by molar-refractivity contribution is -0.147. The average molecular weight is 393 g/mol. The van der Waals surface area contributed by atoms with E-state index >= 15 is 0 Å². The molecule has 2 rings (SSSR count). The molecule has 2 atom stereocenters. The van der Waals surface area contributed by atoms with E-state index in [0.717, 1.165) is 57.9 Å². The van der Waals surface area contributed by atoms with E-state index in [1.54, 1.807) is 0 Å². The number of hydrogen-bond acceptors (Lipinski definition) is 2. The third kappa shape index (κ3) is 6.22. The van der Waals surface area contributed by atoms with E-state index < -0.39 is 5.41 Å². The zero-order valence-corrected chi connectivity index (χ0v) is 18.3. The molecule has 2 fully saturated rings. The Balaban J connectivity index is 2.08. The smallest absolute Gasteiger partial charge is 0.227 e. The summed E-state index contributed by atoms with van der Waals surface area (Å²) in [7, 11) is 0. The van der Waals surface area contributed by atoms with Crippen LogP contribution >= 0.6 is 0 Å². The predicted molar refractivity (Wildman–Crippen MR) is 116 cm³/mol. The fourth-order valence-corrected chi connectivity index (χ4v) is 5.78. The Hall–Kier alpha value is -1.06. The Labute approximate surface area is 172 Å². The summed E-state index contributed by atoms with van der Waals surface area (Å²) >= 11 is 0. The maximum atomic E-state index is 13.6. The van der Waals surface area contributed by atoms with Crippen molar-refractivity contribution < 1.29 is 9.59 Å². The molecule has 0 bridgehead atoms. The highest BCUT2D eigenvalue weighted by Crippen LogP contribution is 2.50. The minimum Gasteiger partial charge on any atom is -0.369 e. The summed E-state index contributed by atoms with van der Waals surface area (Å²) in [6.45, 7) is 2.97. The van der Waals surface area contributed by atoms with Gasteiger partial charge in [-0.05, 0) is 38.0 Å². The van der Waals surface area contributed by atoms with Crippen molar-refractivity contribution >= 4 is 11.8 Å². The summed E-state index contributed by atoms with van der Waals surface area (Å²) < 4.78 is 0. The Bertz CT molecular complexity index is 471. The number of amides is 2. The summed E-state index contributed by atoms with van der Waals surface area (Å²) in [5.74, 6) is -0.0858. The van der Waals surface area contributed by atoms with Gasteiger partial charge in [-0.25, -0.2) is 0 Å². The Morgan fingerprint density at radius 1 is 0.857 bits per heavy atom. The molecule has 0 aromatic rings. The molecule has 2 aliphatic rings. The summed E-state index contributed by atoms with van der Waals surface area (Å²) in [6, 6.07) is 0. The fraction of sp³-hybridized carbons (Fsp3) is 0.917. The van der Waals surface area contributed by atoms with E-state index in [1.807, 2.05) is 0 Å². The Kier molecular flexibility index (Phi) is 10.4. The minimum atomic E-state index is -0.561. The molecule has 3 N–H and O–H groups in total. The van der Waals surface area contributed by atoms with E-state index in [0.29, 0.717) is 5.92 Å². The van der Waals surface area contributed by atoms with Crippen LogP contribution in [-0.2, 0) is 9.59 Å². The van der Waals surface area contributed by atoms with E-state index in [1.165, 1.54) is 57.8 Å². The molecule has 0 aromatic carbocycles. The number of hydrogen-bond donors (Lipinski definition) is 2. The number of carbonyl (C=O) groups excluding carboxylic acids is 2. The van der Waals surface area contributed by atoms with Crippen molar-refractivity contribution in [2.45, 2.75) is 116 Å². The van der Waals surface area contributed by atoms with E-state index in [4.69, 9.17) is 5.73 Å². The second kappa shape index (κ2) is 12.5. The molecule has 0 radical (unpaired) electrons. The van der Waals surface area contributed by atoms with Gasteiger partial charge in [-0.1, -0.05) is 84.0 Å². The van der Waals surface area contributed by atoms with Gasteiger partial charge in [0, 0.05) is 6.54 Å². The third-order valence-electron chi connectivity index (χ3n) is 7.37. The first-order valence-corrected chi connectivity index (χ1v) is 12.2. The molecule has 2 aliphatic carbocycles. The second-order valence-corrected chi connectivity index (χ2v) is 9.31. The highest BCUT2D eigenvalue weighted by molar-refractivity contribution is 5.90. The van der Waals surface area contributed by atoms with E-state index in [2.05, 4.69) is 12.2 Å². The molecule has 28 heavy (non-hydrogen) atoms. The van der Waals surface area contributed by atoms with Crippen LogP contribution in [0.1, 0.15) is 116 Å². The maximum absolute atomic E-state index is 13.6. The van der Waals surface area contributed by atoms with Crippen LogP contribution < -0.4 is 11.1 Å². The Morgan fingerprint density at radius 2 is 1.46 bits per heavy atom. The molecule has 0 aliphatic heterocycles. The summed E-state index contributed by atoms with van der Waals surface area (Å²) in [5.41, 5.74) is 5.34. The number of unbranched alkanes of at least 4 members (excludes halogenated alkanes) is 5. The summed E-state index contributed by atoms with van der Waals surface area (Å²) in [5, 5.41) is 3.27. The van der Waals surface area contributed by atoms with Crippen molar-refractivity contribution in [1.82, 2.24) is 5.32 Å². The SMILES string of the molecule is CCCCCCCCNC(=O)C1(C2CCCCCC2)CCCCCC1C(N)=O. The number of nitrogens with one attached hydrogen (secondary N) is 1. The molecule has 4 nitrogen and oxygen atoms in total. The molecule has 0 saturated heterocycles. The standard InChI is InChI=1S/C24H44N2O2/c1-2-3-4-5-8-14-19-26-23(28)24(20-15-10-6-7-11-16-20)18-13-9-12-17-21(24)22(25)27/h20-21H,2-19H2,1H3,(H2,25,27)(H,26,28). The minimum absolute atomic E-state index is 0.138. The molecule has 4 heteroatoms. The van der Waals surface area contributed by atoms with Crippen LogP contribution in [0.25, 0.3) is 0 Å². The third-order valence-corrected chi connectivity index (χ3v) is 7.37. The highest BCUT2D eigenvalue weighted by Gasteiger charge is 2.52. The van der Waals surface area contributed by atoms with Gasteiger partial charge >= 0.3 is 0 Å². The molecule has 162 valence electrons. The first-order valence-electron chi connectivity index (χ1n) is 12.2. The van der Waals surface area contributed by atoms with Gasteiger partial charge in [-0.3, -0.25) is 9.59 Å². The molecule has 0 heterocycles. The van der Waals surface area contributed by atoms with Gasteiger partial charge in [0.2, 0.25) is 11.8 Å². The van der Waals surface area contributed by atoms with Crippen molar-refractivity contribution in [1.29, 1.82) is 0 Å². The highest BCUT2D eigenvalue weighted by atomic mass is 16.2. The van der Waals surface area contributed by atoms with Crippen LogP contribution in [0.4, 0.5) is 0 Å². The fourth-order valence-electron chi connectivity index (χ4n) is 5.78. The zero-order valence-electron chi connectivity index (χ0n) is 18.3. The van der Waals surface area contributed by atoms with Gasteiger partial charge in [0.15, 0.2) is 0 Å². The van der Waals surface area contributed by atoms with Gasteiger partial charge in [-0.2, -0.15) is 0 Å². The lowest BCUT2D eigenvalue weighted by Gasteiger charge is -2.43. The van der Waals surface area contributed by atoms with Gasteiger partial charge in [0.1, 0.15) is 0 Å². The van der Waals surface area contributed by atoms with E-state index in [-0.39, 0.29) is 17.7 Å². The summed E-state index contributed by atoms with van der Waals surface area (Å²) in [6.07, 6.45) is 19.2.